The number of esters is 1. The molecule has 0 spiro atoms. The molecule has 6 heteroatoms. The molecule has 23 heavy (non-hydrogen) atoms. The summed E-state index contributed by atoms with van der Waals surface area (Å²) in [5.74, 6) is -0.0585. The fraction of sp³-hybridized carbons (Fsp3) is 0.235. The van der Waals surface area contributed by atoms with E-state index in [1.807, 2.05) is 13.0 Å². The van der Waals surface area contributed by atoms with E-state index in [-0.39, 0.29) is 10.9 Å². The summed E-state index contributed by atoms with van der Waals surface area (Å²) >= 11 is 0. The van der Waals surface area contributed by atoms with E-state index in [4.69, 9.17) is 4.74 Å². The lowest BCUT2D eigenvalue weighted by atomic mass is 10.2. The van der Waals surface area contributed by atoms with Crippen molar-refractivity contribution in [1.82, 2.24) is 4.72 Å². The minimum absolute atomic E-state index is 0.0472. The highest BCUT2D eigenvalue weighted by molar-refractivity contribution is 7.89. The second kappa shape index (κ2) is 6.14. The van der Waals surface area contributed by atoms with Crippen molar-refractivity contribution in [2.45, 2.75) is 30.7 Å². The summed E-state index contributed by atoms with van der Waals surface area (Å²) in [4.78, 5) is 12.2. The van der Waals surface area contributed by atoms with Gasteiger partial charge in [0.1, 0.15) is 5.75 Å². The molecule has 2 aromatic rings. The van der Waals surface area contributed by atoms with Gasteiger partial charge in [0.15, 0.2) is 0 Å². The van der Waals surface area contributed by atoms with E-state index in [0.717, 1.165) is 18.4 Å². The SMILES string of the molecule is Cc1cccc(OC(=O)c2ccc(S(=O)(=O)NC3CC3)cc2)c1. The lowest BCUT2D eigenvalue weighted by Gasteiger charge is -2.07. The first-order valence-corrected chi connectivity index (χ1v) is 8.84. The highest BCUT2D eigenvalue weighted by atomic mass is 32.2. The van der Waals surface area contributed by atoms with E-state index in [0.29, 0.717) is 11.3 Å². The molecule has 5 nitrogen and oxygen atoms in total. The maximum atomic E-state index is 12.1. The molecule has 0 unspecified atom stereocenters. The van der Waals surface area contributed by atoms with Crippen LogP contribution in [0.2, 0.25) is 0 Å². The topological polar surface area (TPSA) is 72.5 Å². The maximum Gasteiger partial charge on any atom is 0.343 e. The fourth-order valence-corrected chi connectivity index (χ4v) is 3.41. The number of hydrogen-bond acceptors (Lipinski definition) is 4. The van der Waals surface area contributed by atoms with E-state index in [1.165, 1.54) is 24.3 Å². The maximum absolute atomic E-state index is 12.1. The number of ether oxygens (including phenoxy) is 1. The normalized spacial score (nSPS) is 14.5. The molecule has 120 valence electrons. The van der Waals surface area contributed by atoms with Crippen LogP contribution in [0, 0.1) is 6.92 Å². The quantitative estimate of drug-likeness (QED) is 0.675. The molecule has 0 bridgehead atoms. The molecule has 0 atom stereocenters. The summed E-state index contributed by atoms with van der Waals surface area (Å²) in [7, 11) is -3.51. The Morgan fingerprint density at radius 2 is 1.83 bits per heavy atom. The van der Waals surface area contributed by atoms with Crippen molar-refractivity contribution < 1.29 is 17.9 Å². The molecule has 0 radical (unpaired) electrons. The Balaban J connectivity index is 1.72. The summed E-state index contributed by atoms with van der Waals surface area (Å²) in [6, 6.07) is 13.0. The first kappa shape index (κ1) is 15.7. The molecular weight excluding hydrogens is 314 g/mol. The first-order valence-electron chi connectivity index (χ1n) is 7.35. The van der Waals surface area contributed by atoms with Crippen LogP contribution in [0.5, 0.6) is 5.75 Å². The molecule has 3 rings (SSSR count). The average Bonchev–Trinajstić information content (AvgIpc) is 3.30. The average molecular weight is 331 g/mol. The van der Waals surface area contributed by atoms with Crippen molar-refractivity contribution in [3.8, 4) is 5.75 Å². The van der Waals surface area contributed by atoms with Gasteiger partial charge in [0, 0.05) is 6.04 Å². The van der Waals surface area contributed by atoms with Crippen LogP contribution >= 0.6 is 0 Å². The Hall–Kier alpha value is -2.18. The molecule has 0 amide bonds. The van der Waals surface area contributed by atoms with E-state index in [1.54, 1.807) is 18.2 Å². The van der Waals surface area contributed by atoms with Crippen LogP contribution in [0.15, 0.2) is 53.4 Å². The van der Waals surface area contributed by atoms with Crippen LogP contribution < -0.4 is 9.46 Å². The van der Waals surface area contributed by atoms with Gasteiger partial charge in [0.05, 0.1) is 10.5 Å². The minimum Gasteiger partial charge on any atom is -0.423 e. The first-order chi connectivity index (χ1) is 10.9. The van der Waals surface area contributed by atoms with Gasteiger partial charge in [0.2, 0.25) is 10.0 Å². The second-order valence-corrected chi connectivity index (χ2v) is 7.34. The number of benzene rings is 2. The Bertz CT molecular complexity index is 824. The Morgan fingerprint density at radius 1 is 1.13 bits per heavy atom. The lowest BCUT2D eigenvalue weighted by molar-refractivity contribution is 0.0734. The number of sulfonamides is 1. The Kier molecular flexibility index (Phi) is 4.19. The van der Waals surface area contributed by atoms with Gasteiger partial charge in [-0.2, -0.15) is 0 Å². The molecule has 2 aromatic carbocycles. The van der Waals surface area contributed by atoms with E-state index >= 15 is 0 Å². The summed E-state index contributed by atoms with van der Waals surface area (Å²) < 4.78 is 32.0. The summed E-state index contributed by atoms with van der Waals surface area (Å²) in [5, 5.41) is 0. The summed E-state index contributed by atoms with van der Waals surface area (Å²) in [6.07, 6.45) is 1.75. The number of aryl methyl sites for hydroxylation is 1. The van der Waals surface area contributed by atoms with Gasteiger partial charge in [-0.05, 0) is 61.7 Å². The predicted molar refractivity (Wildman–Crippen MR) is 85.9 cm³/mol. The van der Waals surface area contributed by atoms with Crippen LogP contribution in [0.1, 0.15) is 28.8 Å². The molecule has 1 aliphatic carbocycles. The zero-order valence-corrected chi connectivity index (χ0v) is 13.5. The van der Waals surface area contributed by atoms with E-state index in [9.17, 15) is 13.2 Å². The van der Waals surface area contributed by atoms with Crippen LogP contribution in [-0.2, 0) is 10.0 Å². The van der Waals surface area contributed by atoms with Crippen molar-refractivity contribution >= 4 is 16.0 Å². The predicted octanol–water partition coefficient (Wildman–Crippen LogP) is 2.65. The Morgan fingerprint density at radius 3 is 2.43 bits per heavy atom. The van der Waals surface area contributed by atoms with Crippen LogP contribution in [0.25, 0.3) is 0 Å². The largest absolute Gasteiger partial charge is 0.423 e. The number of carbonyl (C=O) groups excluding carboxylic acids is 1. The van der Waals surface area contributed by atoms with Crippen molar-refractivity contribution in [3.63, 3.8) is 0 Å². The molecule has 0 aliphatic heterocycles. The Labute approximate surface area is 135 Å². The van der Waals surface area contributed by atoms with E-state index < -0.39 is 16.0 Å². The molecule has 1 fully saturated rings. The zero-order chi connectivity index (χ0) is 16.4. The van der Waals surface area contributed by atoms with Crippen molar-refractivity contribution in [1.29, 1.82) is 0 Å². The van der Waals surface area contributed by atoms with Gasteiger partial charge in [-0.1, -0.05) is 12.1 Å². The molecule has 0 aromatic heterocycles. The second-order valence-electron chi connectivity index (χ2n) is 5.63. The third-order valence-corrected chi connectivity index (χ3v) is 5.04. The lowest BCUT2D eigenvalue weighted by Crippen LogP contribution is -2.25. The number of rotatable bonds is 5. The number of hydrogen-bond donors (Lipinski definition) is 1. The van der Waals surface area contributed by atoms with Crippen molar-refractivity contribution in [3.05, 3.63) is 59.7 Å². The number of carbonyl (C=O) groups is 1. The zero-order valence-electron chi connectivity index (χ0n) is 12.7. The summed E-state index contributed by atoms with van der Waals surface area (Å²) in [5.41, 5.74) is 1.29. The third kappa shape index (κ3) is 3.97. The van der Waals surface area contributed by atoms with E-state index in [2.05, 4.69) is 4.72 Å². The van der Waals surface area contributed by atoms with Gasteiger partial charge in [0.25, 0.3) is 0 Å². The van der Waals surface area contributed by atoms with Crippen molar-refractivity contribution in [2.75, 3.05) is 0 Å². The van der Waals surface area contributed by atoms with Crippen LogP contribution in [-0.4, -0.2) is 20.4 Å². The monoisotopic (exact) mass is 331 g/mol. The van der Waals surface area contributed by atoms with Gasteiger partial charge in [-0.3, -0.25) is 0 Å². The van der Waals surface area contributed by atoms with Gasteiger partial charge in [-0.25, -0.2) is 17.9 Å². The molecule has 1 saturated carbocycles. The molecule has 1 aliphatic rings. The fourth-order valence-electron chi connectivity index (χ4n) is 2.10. The van der Waals surface area contributed by atoms with Crippen LogP contribution in [0.3, 0.4) is 0 Å². The van der Waals surface area contributed by atoms with Gasteiger partial charge >= 0.3 is 5.97 Å². The molecule has 0 saturated heterocycles. The van der Waals surface area contributed by atoms with Gasteiger partial charge in [-0.15, -0.1) is 0 Å². The number of nitrogens with one attached hydrogen (secondary N) is 1. The van der Waals surface area contributed by atoms with Gasteiger partial charge < -0.3 is 4.74 Å². The summed E-state index contributed by atoms with van der Waals surface area (Å²) in [6.45, 7) is 1.91. The highest BCUT2D eigenvalue weighted by Crippen LogP contribution is 2.22. The van der Waals surface area contributed by atoms with Crippen molar-refractivity contribution in [2.24, 2.45) is 0 Å². The molecular formula is C17H17NO4S. The molecule has 1 N–H and O–H groups in total. The standard InChI is InChI=1S/C17H17NO4S/c1-12-3-2-4-15(11-12)22-17(19)13-5-9-16(10-6-13)23(20,21)18-14-7-8-14/h2-6,9-11,14,18H,7-8H2,1H3. The van der Waals surface area contributed by atoms with Crippen LogP contribution in [0.4, 0.5) is 0 Å². The highest BCUT2D eigenvalue weighted by Gasteiger charge is 2.28. The smallest absolute Gasteiger partial charge is 0.343 e. The minimum atomic E-state index is -3.51. The molecule has 0 heterocycles. The third-order valence-electron chi connectivity index (χ3n) is 3.50.